The van der Waals surface area contributed by atoms with Crippen molar-refractivity contribution in [1.29, 1.82) is 0 Å². The number of phenols is 3. The van der Waals surface area contributed by atoms with E-state index in [1.807, 2.05) is 0 Å². The minimum Gasteiger partial charge on any atom is -0.508 e. The molecule has 15 heavy (non-hydrogen) atoms. The molecule has 0 unspecified atom stereocenters. The van der Waals surface area contributed by atoms with Gasteiger partial charge in [-0.15, -0.1) is 12.4 Å². The number of rotatable bonds is 3. The topological polar surface area (TPSA) is 107 Å². The minimum atomic E-state index is -0.652. The van der Waals surface area contributed by atoms with E-state index in [4.69, 9.17) is 15.9 Å². The molecule has 1 aromatic carbocycles. The van der Waals surface area contributed by atoms with Gasteiger partial charge in [-0.2, -0.15) is 0 Å². The summed E-state index contributed by atoms with van der Waals surface area (Å²) in [6.45, 7) is -0.138. The van der Waals surface area contributed by atoms with Crippen molar-refractivity contribution >= 4 is 12.4 Å². The van der Waals surface area contributed by atoms with Gasteiger partial charge in [0.05, 0.1) is 5.56 Å². The lowest BCUT2D eigenvalue weighted by atomic mass is 10.0. The molecule has 6 heteroatoms. The lowest BCUT2D eigenvalue weighted by Gasteiger charge is -2.14. The highest BCUT2D eigenvalue weighted by molar-refractivity contribution is 5.85. The molecule has 86 valence electrons. The van der Waals surface area contributed by atoms with E-state index in [-0.39, 0.29) is 48.2 Å². The fraction of sp³-hybridized carbons (Fsp3) is 0.333. The van der Waals surface area contributed by atoms with E-state index in [1.165, 1.54) is 0 Å². The summed E-state index contributed by atoms with van der Waals surface area (Å²) in [6.07, 6.45) is 0.228. The number of aliphatic hydroxyl groups excluding tert-OH is 1. The highest BCUT2D eigenvalue weighted by Gasteiger charge is 2.16. The van der Waals surface area contributed by atoms with Crippen LogP contribution in [-0.4, -0.2) is 27.0 Å². The van der Waals surface area contributed by atoms with Gasteiger partial charge in [0.1, 0.15) is 17.2 Å². The van der Waals surface area contributed by atoms with Crippen molar-refractivity contribution in [2.45, 2.75) is 12.5 Å². The molecule has 0 aliphatic rings. The van der Waals surface area contributed by atoms with Crippen LogP contribution in [0.1, 0.15) is 18.0 Å². The molecule has 6 N–H and O–H groups in total. The van der Waals surface area contributed by atoms with Crippen LogP contribution in [0.3, 0.4) is 0 Å². The van der Waals surface area contributed by atoms with Crippen LogP contribution >= 0.6 is 12.4 Å². The molecule has 0 amide bonds. The van der Waals surface area contributed by atoms with E-state index >= 15 is 0 Å². The molecule has 0 fully saturated rings. The van der Waals surface area contributed by atoms with Crippen LogP contribution in [0, 0.1) is 0 Å². The zero-order valence-electron chi connectivity index (χ0n) is 7.92. The van der Waals surface area contributed by atoms with Crippen LogP contribution in [0.15, 0.2) is 12.1 Å². The Hall–Kier alpha value is -1.17. The molecule has 0 spiro atoms. The molecule has 0 heterocycles. The van der Waals surface area contributed by atoms with Gasteiger partial charge in [0.25, 0.3) is 0 Å². The molecule has 0 aliphatic heterocycles. The summed E-state index contributed by atoms with van der Waals surface area (Å²) in [4.78, 5) is 0. The fourth-order valence-electron chi connectivity index (χ4n) is 1.27. The van der Waals surface area contributed by atoms with Crippen LogP contribution < -0.4 is 5.73 Å². The molecule has 1 aromatic rings. The van der Waals surface area contributed by atoms with E-state index in [1.54, 1.807) is 0 Å². The monoisotopic (exact) mass is 235 g/mol. The fourth-order valence-corrected chi connectivity index (χ4v) is 1.27. The van der Waals surface area contributed by atoms with Gasteiger partial charge in [-0.05, 0) is 6.42 Å². The molecule has 0 radical (unpaired) electrons. The molecule has 0 aromatic heterocycles. The number of hydrogen-bond acceptors (Lipinski definition) is 5. The summed E-state index contributed by atoms with van der Waals surface area (Å²) in [5, 5.41) is 36.4. The predicted molar refractivity (Wildman–Crippen MR) is 57.3 cm³/mol. The predicted octanol–water partition coefficient (Wildman–Crippen LogP) is 0.607. The third-order valence-corrected chi connectivity index (χ3v) is 1.93. The first kappa shape index (κ1) is 13.8. The molecule has 0 aliphatic carbocycles. The van der Waals surface area contributed by atoms with Gasteiger partial charge in [0.2, 0.25) is 0 Å². The zero-order valence-corrected chi connectivity index (χ0v) is 8.74. The first-order chi connectivity index (χ1) is 6.56. The van der Waals surface area contributed by atoms with Crippen LogP contribution in [0.2, 0.25) is 0 Å². The smallest absolute Gasteiger partial charge is 0.127 e. The Labute approximate surface area is 93.2 Å². The van der Waals surface area contributed by atoms with Crippen LogP contribution in [-0.2, 0) is 0 Å². The van der Waals surface area contributed by atoms with E-state index < -0.39 is 6.04 Å². The van der Waals surface area contributed by atoms with Gasteiger partial charge in [-0.3, -0.25) is 0 Å². The largest absolute Gasteiger partial charge is 0.508 e. The first-order valence-corrected chi connectivity index (χ1v) is 4.17. The van der Waals surface area contributed by atoms with Crippen molar-refractivity contribution in [1.82, 2.24) is 0 Å². The number of aromatic hydroxyl groups is 3. The average Bonchev–Trinajstić information content (AvgIpc) is 2.01. The number of hydrogen-bond donors (Lipinski definition) is 5. The van der Waals surface area contributed by atoms with Crippen molar-refractivity contribution in [3.8, 4) is 17.2 Å². The van der Waals surface area contributed by atoms with E-state index in [2.05, 4.69) is 0 Å². The summed E-state index contributed by atoms with van der Waals surface area (Å²) < 4.78 is 0. The van der Waals surface area contributed by atoms with Crippen LogP contribution in [0.5, 0.6) is 17.2 Å². The summed E-state index contributed by atoms with van der Waals surface area (Å²) in [7, 11) is 0. The average molecular weight is 236 g/mol. The Bertz CT molecular complexity index is 309. The SMILES string of the molecule is Cl.N[C@H](CCO)c1c(O)cc(O)cc1O. The summed E-state index contributed by atoms with van der Waals surface area (Å²) >= 11 is 0. The van der Waals surface area contributed by atoms with Gasteiger partial charge in [-0.1, -0.05) is 0 Å². The van der Waals surface area contributed by atoms with Crippen molar-refractivity contribution in [3.05, 3.63) is 17.7 Å². The Morgan fingerprint density at radius 2 is 1.60 bits per heavy atom. The van der Waals surface area contributed by atoms with E-state index in [0.29, 0.717) is 0 Å². The minimum absolute atomic E-state index is 0. The normalized spacial score (nSPS) is 11.9. The maximum atomic E-state index is 9.39. The molecule has 1 rings (SSSR count). The number of aliphatic hydroxyl groups is 1. The molecule has 0 saturated heterocycles. The second kappa shape index (κ2) is 5.65. The van der Waals surface area contributed by atoms with Gasteiger partial charge in [0.15, 0.2) is 0 Å². The van der Waals surface area contributed by atoms with Gasteiger partial charge < -0.3 is 26.2 Å². The quantitative estimate of drug-likeness (QED) is 0.528. The highest BCUT2D eigenvalue weighted by atomic mass is 35.5. The van der Waals surface area contributed by atoms with E-state index in [0.717, 1.165) is 12.1 Å². The van der Waals surface area contributed by atoms with Crippen molar-refractivity contribution < 1.29 is 20.4 Å². The van der Waals surface area contributed by atoms with Crippen LogP contribution in [0.25, 0.3) is 0 Å². The lowest BCUT2D eigenvalue weighted by Crippen LogP contribution is -2.12. The third kappa shape index (κ3) is 3.16. The Kier molecular flexibility index (Phi) is 5.21. The second-order valence-electron chi connectivity index (χ2n) is 3.02. The highest BCUT2D eigenvalue weighted by Crippen LogP contribution is 2.36. The van der Waals surface area contributed by atoms with Gasteiger partial charge in [0, 0.05) is 24.8 Å². The number of nitrogens with two attached hydrogens (primary N) is 1. The van der Waals surface area contributed by atoms with Gasteiger partial charge in [-0.25, -0.2) is 0 Å². The van der Waals surface area contributed by atoms with Crippen molar-refractivity contribution in [2.75, 3.05) is 6.61 Å². The van der Waals surface area contributed by atoms with Crippen LogP contribution in [0.4, 0.5) is 0 Å². The zero-order chi connectivity index (χ0) is 10.7. The lowest BCUT2D eigenvalue weighted by molar-refractivity contribution is 0.274. The van der Waals surface area contributed by atoms with Crippen molar-refractivity contribution in [2.24, 2.45) is 5.73 Å². The maximum absolute atomic E-state index is 9.39. The first-order valence-electron chi connectivity index (χ1n) is 4.17. The van der Waals surface area contributed by atoms with Gasteiger partial charge >= 0.3 is 0 Å². The standard InChI is InChI=1S/C9H13NO4.ClH/c10-6(1-2-11)9-7(13)3-5(12)4-8(9)14;/h3-4,6,11-14H,1-2,10H2;1H/t6-;/m1./s1. The Balaban J connectivity index is 0.00000196. The number of benzene rings is 1. The Morgan fingerprint density at radius 3 is 2.00 bits per heavy atom. The molecule has 1 atom stereocenters. The number of halogens is 1. The van der Waals surface area contributed by atoms with Crippen molar-refractivity contribution in [3.63, 3.8) is 0 Å². The maximum Gasteiger partial charge on any atom is 0.127 e. The Morgan fingerprint density at radius 1 is 1.13 bits per heavy atom. The second-order valence-corrected chi connectivity index (χ2v) is 3.02. The number of phenolic OH excluding ortho intramolecular Hbond substituents is 3. The molecular weight excluding hydrogens is 222 g/mol. The summed E-state index contributed by atoms with van der Waals surface area (Å²) in [5.41, 5.74) is 5.73. The third-order valence-electron chi connectivity index (χ3n) is 1.93. The molecule has 0 saturated carbocycles. The summed E-state index contributed by atoms with van der Waals surface area (Å²) in [5.74, 6) is -0.785. The molecular formula is C9H14ClNO4. The molecule has 5 nitrogen and oxygen atoms in total. The molecule has 0 bridgehead atoms. The van der Waals surface area contributed by atoms with E-state index in [9.17, 15) is 10.2 Å². The summed E-state index contributed by atoms with van der Waals surface area (Å²) in [6, 6.07) is 1.53.